The van der Waals surface area contributed by atoms with Crippen molar-refractivity contribution in [2.45, 2.75) is 65.2 Å². The predicted octanol–water partition coefficient (Wildman–Crippen LogP) is 4.00. The van der Waals surface area contributed by atoms with Crippen LogP contribution in [0, 0.1) is 0 Å². The number of unbranched alkanes of at least 4 members (excludes halogenated alkanes) is 6. The van der Waals surface area contributed by atoms with Crippen LogP contribution in [0.3, 0.4) is 0 Å². The minimum absolute atomic E-state index is 0.286. The van der Waals surface area contributed by atoms with E-state index in [1.54, 1.807) is 0 Å². The van der Waals surface area contributed by atoms with E-state index in [0.29, 0.717) is 0 Å². The second kappa shape index (κ2) is 14.7. The van der Waals surface area contributed by atoms with Crippen LogP contribution >= 0.6 is 0 Å². The van der Waals surface area contributed by atoms with Gasteiger partial charge in [0.15, 0.2) is 0 Å². The molecule has 18 heavy (non-hydrogen) atoms. The van der Waals surface area contributed by atoms with Crippen molar-refractivity contribution in [3.63, 3.8) is 0 Å². The normalized spacial score (nSPS) is 11.8. The maximum atomic E-state index is 8.88. The van der Waals surface area contributed by atoms with Gasteiger partial charge in [0.25, 0.3) is 0 Å². The fourth-order valence-corrected chi connectivity index (χ4v) is 2.09. The standard InChI is InChI=1S/C16H33NO/c1-3-5-6-7-8-9-10-11-12-13-14-17(4-2)15-16-18/h8-9,18H,3-7,10-16H2,1-2H3/b9-8-. The number of allylic oxidation sites excluding steroid dienone is 2. The maximum absolute atomic E-state index is 8.88. The van der Waals surface area contributed by atoms with E-state index < -0.39 is 0 Å². The summed E-state index contributed by atoms with van der Waals surface area (Å²) in [4.78, 5) is 2.32. The van der Waals surface area contributed by atoms with Crippen molar-refractivity contribution in [3.05, 3.63) is 12.2 Å². The van der Waals surface area contributed by atoms with E-state index in [0.717, 1.165) is 19.6 Å². The zero-order valence-corrected chi connectivity index (χ0v) is 12.5. The molecule has 0 unspecified atom stereocenters. The Kier molecular flexibility index (Phi) is 14.4. The fraction of sp³-hybridized carbons (Fsp3) is 0.875. The molecule has 108 valence electrons. The van der Waals surface area contributed by atoms with E-state index in [-0.39, 0.29) is 6.61 Å². The third-order valence-electron chi connectivity index (χ3n) is 3.35. The SMILES string of the molecule is CCCCC/C=C\CCCCCN(CC)CCO. The quantitative estimate of drug-likeness (QED) is 0.397. The van der Waals surface area contributed by atoms with Crippen molar-refractivity contribution < 1.29 is 5.11 Å². The summed E-state index contributed by atoms with van der Waals surface area (Å²) in [6.45, 7) is 7.71. The topological polar surface area (TPSA) is 23.5 Å². The Hall–Kier alpha value is -0.340. The van der Waals surface area contributed by atoms with Crippen LogP contribution < -0.4 is 0 Å². The first-order valence-corrected chi connectivity index (χ1v) is 7.83. The van der Waals surface area contributed by atoms with E-state index in [9.17, 15) is 0 Å². The highest BCUT2D eigenvalue weighted by Gasteiger charge is 1.99. The molecule has 0 amide bonds. The second-order valence-corrected chi connectivity index (χ2v) is 4.97. The van der Waals surface area contributed by atoms with Crippen LogP contribution in [0.5, 0.6) is 0 Å². The monoisotopic (exact) mass is 255 g/mol. The number of nitrogens with zero attached hydrogens (tertiary/aromatic N) is 1. The Morgan fingerprint density at radius 1 is 0.833 bits per heavy atom. The highest BCUT2D eigenvalue weighted by atomic mass is 16.3. The molecule has 0 aromatic carbocycles. The molecule has 0 aromatic rings. The number of aliphatic hydroxyl groups is 1. The highest BCUT2D eigenvalue weighted by molar-refractivity contribution is 4.81. The van der Waals surface area contributed by atoms with Gasteiger partial charge in [0.2, 0.25) is 0 Å². The molecule has 0 aromatic heterocycles. The summed E-state index contributed by atoms with van der Waals surface area (Å²) >= 11 is 0. The summed E-state index contributed by atoms with van der Waals surface area (Å²) in [5.41, 5.74) is 0. The van der Waals surface area contributed by atoms with Gasteiger partial charge in [-0.3, -0.25) is 0 Å². The van der Waals surface area contributed by atoms with Crippen molar-refractivity contribution in [2.75, 3.05) is 26.2 Å². The van der Waals surface area contributed by atoms with Crippen molar-refractivity contribution in [2.24, 2.45) is 0 Å². The smallest absolute Gasteiger partial charge is 0.0558 e. The van der Waals surface area contributed by atoms with Gasteiger partial charge in [-0.2, -0.15) is 0 Å². The van der Waals surface area contributed by atoms with Crippen LogP contribution in [0.1, 0.15) is 65.2 Å². The Morgan fingerprint density at radius 3 is 2.06 bits per heavy atom. The first-order chi connectivity index (χ1) is 8.85. The molecule has 0 atom stereocenters. The molecule has 0 spiro atoms. The lowest BCUT2D eigenvalue weighted by Crippen LogP contribution is -2.27. The second-order valence-electron chi connectivity index (χ2n) is 4.97. The molecule has 0 aliphatic carbocycles. The summed E-state index contributed by atoms with van der Waals surface area (Å²) in [7, 11) is 0. The third-order valence-corrected chi connectivity index (χ3v) is 3.35. The molecular formula is C16H33NO. The largest absolute Gasteiger partial charge is 0.395 e. The molecule has 0 heterocycles. The van der Waals surface area contributed by atoms with Crippen molar-refractivity contribution in [1.29, 1.82) is 0 Å². The van der Waals surface area contributed by atoms with E-state index in [1.165, 1.54) is 51.4 Å². The van der Waals surface area contributed by atoms with Gasteiger partial charge in [-0.1, -0.05) is 45.3 Å². The summed E-state index contributed by atoms with van der Waals surface area (Å²) in [5, 5.41) is 8.88. The summed E-state index contributed by atoms with van der Waals surface area (Å²) in [6, 6.07) is 0. The first-order valence-electron chi connectivity index (χ1n) is 7.83. The van der Waals surface area contributed by atoms with Gasteiger partial charge < -0.3 is 10.0 Å². The Balaban J connectivity index is 3.24. The molecule has 0 aliphatic heterocycles. The maximum Gasteiger partial charge on any atom is 0.0558 e. The molecule has 2 heteroatoms. The molecule has 0 rings (SSSR count). The van der Waals surface area contributed by atoms with Gasteiger partial charge >= 0.3 is 0 Å². The Morgan fingerprint density at radius 2 is 1.50 bits per heavy atom. The minimum Gasteiger partial charge on any atom is -0.395 e. The van der Waals surface area contributed by atoms with Gasteiger partial charge in [0, 0.05) is 6.54 Å². The molecule has 0 bridgehead atoms. The van der Waals surface area contributed by atoms with Crippen LogP contribution in [0.25, 0.3) is 0 Å². The zero-order valence-electron chi connectivity index (χ0n) is 12.5. The summed E-state index contributed by atoms with van der Waals surface area (Å²) < 4.78 is 0. The summed E-state index contributed by atoms with van der Waals surface area (Å²) in [5.74, 6) is 0. The van der Waals surface area contributed by atoms with E-state index >= 15 is 0 Å². The Labute approximate surface area is 114 Å². The fourth-order valence-electron chi connectivity index (χ4n) is 2.09. The number of aliphatic hydroxyl groups excluding tert-OH is 1. The third kappa shape index (κ3) is 12.1. The van der Waals surface area contributed by atoms with Gasteiger partial charge in [-0.25, -0.2) is 0 Å². The van der Waals surface area contributed by atoms with Crippen LogP contribution in [-0.4, -0.2) is 36.2 Å². The molecule has 0 radical (unpaired) electrons. The van der Waals surface area contributed by atoms with Crippen molar-refractivity contribution in [1.82, 2.24) is 4.90 Å². The van der Waals surface area contributed by atoms with E-state index in [1.807, 2.05) is 0 Å². The Bertz CT molecular complexity index is 180. The number of hydrogen-bond acceptors (Lipinski definition) is 2. The molecule has 1 N–H and O–H groups in total. The van der Waals surface area contributed by atoms with Crippen molar-refractivity contribution >= 4 is 0 Å². The molecular weight excluding hydrogens is 222 g/mol. The number of hydrogen-bond donors (Lipinski definition) is 1. The minimum atomic E-state index is 0.286. The van der Waals surface area contributed by atoms with E-state index in [2.05, 4.69) is 30.9 Å². The van der Waals surface area contributed by atoms with Gasteiger partial charge in [-0.05, 0) is 45.2 Å². The molecule has 0 saturated carbocycles. The predicted molar refractivity (Wildman–Crippen MR) is 80.9 cm³/mol. The van der Waals surface area contributed by atoms with E-state index in [4.69, 9.17) is 5.11 Å². The lowest BCUT2D eigenvalue weighted by Gasteiger charge is -2.18. The summed E-state index contributed by atoms with van der Waals surface area (Å²) in [6.07, 6.45) is 15.1. The molecule has 0 fully saturated rings. The zero-order chi connectivity index (χ0) is 13.5. The molecule has 2 nitrogen and oxygen atoms in total. The van der Waals surface area contributed by atoms with Crippen molar-refractivity contribution in [3.8, 4) is 0 Å². The van der Waals surface area contributed by atoms with Crippen LogP contribution in [0.4, 0.5) is 0 Å². The highest BCUT2D eigenvalue weighted by Crippen LogP contribution is 2.05. The van der Waals surface area contributed by atoms with Gasteiger partial charge in [0.05, 0.1) is 6.61 Å². The molecule has 0 aliphatic rings. The lowest BCUT2D eigenvalue weighted by atomic mass is 10.1. The average molecular weight is 255 g/mol. The lowest BCUT2D eigenvalue weighted by molar-refractivity contribution is 0.199. The van der Waals surface area contributed by atoms with Gasteiger partial charge in [-0.15, -0.1) is 0 Å². The average Bonchev–Trinajstić information content (AvgIpc) is 2.39. The molecule has 0 saturated heterocycles. The number of rotatable bonds is 13. The first kappa shape index (κ1) is 17.7. The van der Waals surface area contributed by atoms with Crippen LogP contribution in [0.15, 0.2) is 12.2 Å². The van der Waals surface area contributed by atoms with Crippen LogP contribution in [0.2, 0.25) is 0 Å². The van der Waals surface area contributed by atoms with Gasteiger partial charge in [0.1, 0.15) is 0 Å². The van der Waals surface area contributed by atoms with Crippen LogP contribution in [-0.2, 0) is 0 Å². The number of likely N-dealkylation sites (N-methyl/N-ethyl adjacent to an activating group) is 1.